The van der Waals surface area contributed by atoms with E-state index in [4.69, 9.17) is 0 Å². The van der Waals surface area contributed by atoms with E-state index in [2.05, 4.69) is 0 Å². The van der Waals surface area contributed by atoms with Crippen LogP contribution in [-0.2, 0) is 9.59 Å². The van der Waals surface area contributed by atoms with Gasteiger partial charge >= 0.3 is 59.1 Å². The van der Waals surface area contributed by atoms with E-state index in [1.807, 2.05) is 0 Å². The summed E-state index contributed by atoms with van der Waals surface area (Å²) in [6.45, 7) is 4.63. The van der Waals surface area contributed by atoms with Crippen molar-refractivity contribution in [3.8, 4) is 0 Å². The molecule has 0 saturated carbocycles. The first-order valence-electron chi connectivity index (χ1n) is 3.72. The van der Waals surface area contributed by atoms with Crippen molar-refractivity contribution in [2.45, 2.75) is 27.2 Å². The Labute approximate surface area is 128 Å². The fourth-order valence-corrected chi connectivity index (χ4v) is 0.812. The molecule has 0 aliphatic rings. The minimum absolute atomic E-state index is 0. The van der Waals surface area contributed by atoms with Gasteiger partial charge in [-0.3, -0.25) is 0 Å². The summed E-state index contributed by atoms with van der Waals surface area (Å²) in [6, 6.07) is 0. The molecule has 0 rings (SSSR count). The van der Waals surface area contributed by atoms with E-state index in [0.717, 1.165) is 0 Å². The second kappa shape index (κ2) is 8.13. The molecule has 0 heterocycles. The number of carboxylic acid groups (broad SMARTS) is 2. The van der Waals surface area contributed by atoms with Crippen LogP contribution in [0.3, 0.4) is 0 Å². The molecule has 0 bridgehead atoms. The minimum Gasteiger partial charge on any atom is -0.550 e. The molecule has 0 unspecified atom stereocenters. The van der Waals surface area contributed by atoms with Crippen molar-refractivity contribution in [2.24, 2.45) is 11.3 Å². The van der Waals surface area contributed by atoms with Crippen molar-refractivity contribution in [1.82, 2.24) is 0 Å². The van der Waals surface area contributed by atoms with Crippen molar-refractivity contribution >= 4 is 11.9 Å². The predicted octanol–water partition coefficient (Wildman–Crippen LogP) is -7.45. The molecule has 4 nitrogen and oxygen atoms in total. The van der Waals surface area contributed by atoms with Crippen LogP contribution in [-0.4, -0.2) is 11.9 Å². The molecule has 14 heavy (non-hydrogen) atoms. The van der Waals surface area contributed by atoms with Crippen LogP contribution in [0.4, 0.5) is 0 Å². The normalized spacial score (nSPS) is 13.4. The SMILES string of the molecule is CC(C)[C@@](C)(CC(=O)[O-])C(=O)[O-].[Na+].[Na+]. The third kappa shape index (κ3) is 5.73. The van der Waals surface area contributed by atoms with E-state index in [-0.39, 0.29) is 65.0 Å². The Kier molecular flexibility index (Phi) is 11.8. The standard InChI is InChI=1S/C8H14O4.2Na/c1-5(2)8(3,7(11)12)4-6(9)10;;/h5H,4H2,1-3H3,(H,9,10)(H,11,12);;/q;2*+1/p-2/t8-;;/m1../s1. The van der Waals surface area contributed by atoms with E-state index >= 15 is 0 Å². The predicted molar refractivity (Wildman–Crippen MR) is 37.6 cm³/mol. The Morgan fingerprint density at radius 1 is 1.21 bits per heavy atom. The fraction of sp³-hybridized carbons (Fsp3) is 0.750. The van der Waals surface area contributed by atoms with Crippen molar-refractivity contribution in [2.75, 3.05) is 0 Å². The minimum atomic E-state index is -1.37. The molecular weight excluding hydrogens is 206 g/mol. The van der Waals surface area contributed by atoms with Crippen molar-refractivity contribution in [3.05, 3.63) is 0 Å². The van der Waals surface area contributed by atoms with Gasteiger partial charge in [-0.15, -0.1) is 0 Å². The second-order valence-electron chi connectivity index (χ2n) is 3.41. The van der Waals surface area contributed by atoms with Crippen molar-refractivity contribution in [1.29, 1.82) is 0 Å². The molecule has 0 amide bonds. The Morgan fingerprint density at radius 2 is 1.57 bits per heavy atom. The first-order chi connectivity index (χ1) is 5.30. The molecule has 1 atom stereocenters. The summed E-state index contributed by atoms with van der Waals surface area (Å²) in [5.74, 6) is -3.00. The van der Waals surface area contributed by atoms with E-state index in [1.54, 1.807) is 13.8 Å². The average Bonchev–Trinajstić information content (AvgIpc) is 1.84. The molecule has 0 aliphatic heterocycles. The number of carbonyl (C=O) groups is 2. The van der Waals surface area contributed by atoms with E-state index in [0.29, 0.717) is 0 Å². The third-order valence-electron chi connectivity index (χ3n) is 2.25. The Morgan fingerprint density at radius 3 is 1.64 bits per heavy atom. The topological polar surface area (TPSA) is 80.3 Å². The van der Waals surface area contributed by atoms with Gasteiger partial charge < -0.3 is 19.8 Å². The summed E-state index contributed by atoms with van der Waals surface area (Å²) < 4.78 is 0. The number of hydrogen-bond donors (Lipinski definition) is 0. The van der Waals surface area contributed by atoms with Gasteiger partial charge in [-0.25, -0.2) is 0 Å². The molecule has 0 aromatic carbocycles. The van der Waals surface area contributed by atoms with Gasteiger partial charge in [0, 0.05) is 17.4 Å². The number of carbonyl (C=O) groups excluding carboxylic acids is 2. The van der Waals surface area contributed by atoms with Crippen LogP contribution in [0, 0.1) is 11.3 Å². The number of aliphatic carboxylic acids is 2. The maximum Gasteiger partial charge on any atom is 1.00 e. The molecular formula is C8H12Na2O4. The molecule has 0 fully saturated rings. The van der Waals surface area contributed by atoms with Gasteiger partial charge in [-0.05, 0) is 12.3 Å². The smallest absolute Gasteiger partial charge is 0.550 e. The van der Waals surface area contributed by atoms with Gasteiger partial charge in [0.1, 0.15) is 0 Å². The van der Waals surface area contributed by atoms with Crippen LogP contribution in [0.15, 0.2) is 0 Å². The Hall–Kier alpha value is 0.940. The van der Waals surface area contributed by atoms with Crippen LogP contribution in [0.2, 0.25) is 0 Å². The maximum absolute atomic E-state index is 10.6. The van der Waals surface area contributed by atoms with E-state index in [9.17, 15) is 19.8 Å². The maximum atomic E-state index is 10.6. The summed E-state index contributed by atoms with van der Waals surface area (Å²) in [5, 5.41) is 20.8. The van der Waals surface area contributed by atoms with Crippen molar-refractivity contribution < 1.29 is 78.9 Å². The molecule has 0 aliphatic carbocycles. The Balaban J connectivity index is -0.000000605. The zero-order chi connectivity index (χ0) is 9.94. The van der Waals surface area contributed by atoms with E-state index in [1.165, 1.54) is 6.92 Å². The molecule has 0 saturated heterocycles. The zero-order valence-electron chi connectivity index (χ0n) is 9.42. The van der Waals surface area contributed by atoms with Crippen LogP contribution < -0.4 is 69.3 Å². The van der Waals surface area contributed by atoms with Crippen molar-refractivity contribution in [3.63, 3.8) is 0 Å². The molecule has 0 aromatic rings. The van der Waals surface area contributed by atoms with Gasteiger partial charge in [0.25, 0.3) is 0 Å². The Bertz CT molecular complexity index is 206. The van der Waals surface area contributed by atoms with Gasteiger partial charge in [0.05, 0.1) is 0 Å². The molecule has 70 valence electrons. The summed E-state index contributed by atoms with van der Waals surface area (Å²) in [4.78, 5) is 20.8. The monoisotopic (exact) mass is 218 g/mol. The summed E-state index contributed by atoms with van der Waals surface area (Å²) in [7, 11) is 0. The van der Waals surface area contributed by atoms with Gasteiger partial charge in [-0.1, -0.05) is 20.8 Å². The number of carboxylic acids is 2. The van der Waals surface area contributed by atoms with Gasteiger partial charge in [0.2, 0.25) is 0 Å². The molecule has 6 heteroatoms. The molecule has 0 aromatic heterocycles. The summed E-state index contributed by atoms with van der Waals surface area (Å²) in [6.07, 6.45) is -0.507. The molecule has 0 radical (unpaired) electrons. The van der Waals surface area contributed by atoms with Gasteiger partial charge in [0.15, 0.2) is 0 Å². The average molecular weight is 218 g/mol. The first kappa shape index (κ1) is 20.4. The molecule has 0 N–H and O–H groups in total. The second-order valence-corrected chi connectivity index (χ2v) is 3.41. The first-order valence-corrected chi connectivity index (χ1v) is 3.72. The fourth-order valence-electron chi connectivity index (χ4n) is 0.812. The molecule has 0 spiro atoms. The quantitative estimate of drug-likeness (QED) is 0.439. The van der Waals surface area contributed by atoms with Crippen LogP contribution >= 0.6 is 0 Å². The number of hydrogen-bond acceptors (Lipinski definition) is 4. The summed E-state index contributed by atoms with van der Waals surface area (Å²) >= 11 is 0. The largest absolute Gasteiger partial charge is 1.00 e. The third-order valence-corrected chi connectivity index (χ3v) is 2.25. The van der Waals surface area contributed by atoms with Crippen LogP contribution in [0.25, 0.3) is 0 Å². The number of rotatable bonds is 4. The zero-order valence-corrected chi connectivity index (χ0v) is 13.4. The van der Waals surface area contributed by atoms with Gasteiger partial charge in [-0.2, -0.15) is 0 Å². The summed E-state index contributed by atoms with van der Waals surface area (Å²) in [5.41, 5.74) is -1.33. The van der Waals surface area contributed by atoms with E-state index < -0.39 is 23.8 Å². The van der Waals surface area contributed by atoms with Crippen LogP contribution in [0.5, 0.6) is 0 Å². The van der Waals surface area contributed by atoms with Crippen LogP contribution in [0.1, 0.15) is 27.2 Å².